The maximum Gasteiger partial charge on any atom is 0.411 e. The van der Waals surface area contributed by atoms with Gasteiger partial charge in [0, 0.05) is 25.0 Å². The first-order chi connectivity index (χ1) is 21.9. The highest BCUT2D eigenvalue weighted by atomic mass is 16.6. The van der Waals surface area contributed by atoms with Gasteiger partial charge in [0.1, 0.15) is 11.6 Å². The number of imidazole rings is 1. The zero-order valence-electron chi connectivity index (χ0n) is 25.6. The second-order valence-electron chi connectivity index (χ2n) is 12.4. The smallest absolute Gasteiger partial charge is 0.388 e. The lowest BCUT2D eigenvalue weighted by molar-refractivity contribution is 0.0470. The first kappa shape index (κ1) is 30.4. The molecule has 2 saturated carbocycles. The summed E-state index contributed by atoms with van der Waals surface area (Å²) in [5, 5.41) is 12.0. The van der Waals surface area contributed by atoms with Crippen LogP contribution in [0.4, 0.5) is 16.6 Å². The van der Waals surface area contributed by atoms with Crippen LogP contribution in [0.2, 0.25) is 0 Å². The number of benzene rings is 1. The van der Waals surface area contributed by atoms with Crippen molar-refractivity contribution in [3.05, 3.63) is 41.7 Å². The molecule has 6 rings (SSSR count). The molecule has 11 nitrogen and oxygen atoms in total. The first-order valence-corrected chi connectivity index (χ1v) is 15.8. The Balaban J connectivity index is 1.51. The number of hydrogen-bond acceptors (Lipinski definition) is 9. The van der Waals surface area contributed by atoms with E-state index in [9.17, 15) is 4.79 Å². The Morgan fingerprint density at radius 1 is 1.13 bits per heavy atom. The van der Waals surface area contributed by atoms with E-state index in [4.69, 9.17) is 43.4 Å². The van der Waals surface area contributed by atoms with Gasteiger partial charge in [0.15, 0.2) is 11.5 Å². The Morgan fingerprint density at radius 3 is 2.53 bits per heavy atom. The minimum atomic E-state index is -1.10. The summed E-state index contributed by atoms with van der Waals surface area (Å²) in [5.41, 5.74) is 7.39. The van der Waals surface area contributed by atoms with Crippen molar-refractivity contribution in [2.45, 2.75) is 76.6 Å². The van der Waals surface area contributed by atoms with E-state index in [1.807, 2.05) is 18.2 Å². The minimum absolute atomic E-state index is 0.0709. The molecular weight excluding hydrogens is 568 g/mol. The van der Waals surface area contributed by atoms with Crippen LogP contribution in [0.3, 0.4) is 0 Å². The van der Waals surface area contributed by atoms with Gasteiger partial charge in [0.05, 0.1) is 12.6 Å². The second-order valence-corrected chi connectivity index (χ2v) is 12.4. The van der Waals surface area contributed by atoms with E-state index < -0.39 is 18.1 Å². The molecule has 2 aromatic heterocycles. The third-order valence-corrected chi connectivity index (χ3v) is 9.55. The lowest BCUT2D eigenvalue weighted by atomic mass is 9.80. The van der Waals surface area contributed by atoms with Crippen molar-refractivity contribution in [1.29, 1.82) is 5.41 Å². The quantitative estimate of drug-likeness (QED) is 0.187. The lowest BCUT2D eigenvalue weighted by Crippen LogP contribution is -2.46. The highest BCUT2D eigenvalue weighted by Crippen LogP contribution is 2.39. The summed E-state index contributed by atoms with van der Waals surface area (Å²) in [4.78, 5) is 28.2. The van der Waals surface area contributed by atoms with Gasteiger partial charge in [-0.1, -0.05) is 42.7 Å². The summed E-state index contributed by atoms with van der Waals surface area (Å²) in [6.45, 7) is 3.84. The average Bonchev–Trinajstić information content (AvgIpc) is 3.38. The van der Waals surface area contributed by atoms with Crippen molar-refractivity contribution in [1.82, 2.24) is 19.5 Å². The molecule has 3 aromatic rings. The first-order valence-electron chi connectivity index (χ1n) is 15.8. The molecule has 3 fully saturated rings. The maximum absolute atomic E-state index is 11.5. The number of carbonyl (C=O) groups excluding carboxylic acids is 1. The Hall–Kier alpha value is -4.61. The number of amides is 1. The standard InChI is InChI=1S/C34H40N8O3/c1-4-22-14-16-23(17-15-22)20-42-28-30(37-21(3)24-12-9-13-24)38-32(29(35)45-33(36)43)39-31(28)40-34(42)41-18-19-44-26(5-2)27(41)25-10-7-6-8-11-25/h1-2,6-8,10-11,21-24,26-27,35H,9,12-20H2,3H3,(H2,36,43)(H,37,38,39)/t21-,22?,23?,26+,27-/m1/s1. The SMILES string of the molecule is C#CC1CCC(Cn2c(N3CCO[C@@H](C#C)[C@H]3c3ccccc3)nc3nc(C(=N)OC(N)=O)nc(N[C@H](C)C4CCC4)c32)CC1. The molecule has 0 bridgehead atoms. The maximum atomic E-state index is 11.5. The molecule has 1 saturated heterocycles. The van der Waals surface area contributed by atoms with E-state index in [1.54, 1.807) is 0 Å². The molecule has 0 spiro atoms. The number of nitrogens with zero attached hydrogens (tertiary/aromatic N) is 5. The van der Waals surface area contributed by atoms with Gasteiger partial charge in [-0.2, -0.15) is 4.98 Å². The largest absolute Gasteiger partial charge is 0.411 e. The molecular formula is C34H40N8O3. The third-order valence-electron chi connectivity index (χ3n) is 9.55. The summed E-state index contributed by atoms with van der Waals surface area (Å²) in [5.74, 6) is 7.62. The third kappa shape index (κ3) is 6.31. The van der Waals surface area contributed by atoms with Gasteiger partial charge in [-0.25, -0.2) is 14.8 Å². The molecule has 3 aliphatic rings. The molecule has 234 valence electrons. The summed E-state index contributed by atoms with van der Waals surface area (Å²) in [7, 11) is 0. The fraction of sp³-hybridized carbons (Fsp3) is 0.500. The molecule has 11 heteroatoms. The molecule has 0 unspecified atom stereocenters. The molecule has 0 radical (unpaired) electrons. The Kier molecular flexibility index (Phi) is 8.90. The number of nitrogens with one attached hydrogen (secondary N) is 2. The van der Waals surface area contributed by atoms with Gasteiger partial charge in [0.25, 0.3) is 5.90 Å². The summed E-state index contributed by atoms with van der Waals surface area (Å²) in [6.07, 6.45) is 17.7. The summed E-state index contributed by atoms with van der Waals surface area (Å²) < 4.78 is 13.2. The summed E-state index contributed by atoms with van der Waals surface area (Å²) in [6, 6.07) is 9.91. The molecule has 3 heterocycles. The molecule has 4 N–H and O–H groups in total. The van der Waals surface area contributed by atoms with Gasteiger partial charge in [-0.3, -0.25) is 5.41 Å². The van der Waals surface area contributed by atoms with Crippen LogP contribution in [0, 0.1) is 47.9 Å². The number of anilines is 2. The van der Waals surface area contributed by atoms with Crippen LogP contribution in [0.15, 0.2) is 30.3 Å². The fourth-order valence-corrected chi connectivity index (χ4v) is 6.85. The molecule has 3 atom stereocenters. The van der Waals surface area contributed by atoms with Crippen molar-refractivity contribution >= 4 is 34.9 Å². The minimum Gasteiger partial charge on any atom is -0.388 e. The van der Waals surface area contributed by atoms with Crippen LogP contribution >= 0.6 is 0 Å². The Labute approximate surface area is 263 Å². The van der Waals surface area contributed by atoms with Gasteiger partial charge < -0.3 is 30.0 Å². The van der Waals surface area contributed by atoms with Gasteiger partial charge in [-0.05, 0) is 62.8 Å². The highest BCUT2D eigenvalue weighted by molar-refractivity contribution is 5.98. The number of ether oxygens (including phenoxy) is 2. The number of carbonyl (C=O) groups is 1. The van der Waals surface area contributed by atoms with Crippen molar-refractivity contribution in [3.63, 3.8) is 0 Å². The van der Waals surface area contributed by atoms with Gasteiger partial charge in [0.2, 0.25) is 11.8 Å². The van der Waals surface area contributed by atoms with E-state index in [-0.39, 0.29) is 17.9 Å². The number of rotatable bonds is 8. The zero-order valence-corrected chi connectivity index (χ0v) is 25.6. The van der Waals surface area contributed by atoms with Crippen molar-refractivity contribution in [2.75, 3.05) is 23.4 Å². The van der Waals surface area contributed by atoms with Crippen molar-refractivity contribution in [2.24, 2.45) is 23.5 Å². The number of morpholine rings is 1. The molecule has 1 aromatic carbocycles. The van der Waals surface area contributed by atoms with Crippen molar-refractivity contribution < 1.29 is 14.3 Å². The number of nitrogens with two attached hydrogens (primary N) is 1. The van der Waals surface area contributed by atoms with Crippen LogP contribution in [0.5, 0.6) is 0 Å². The second kappa shape index (κ2) is 13.2. The van der Waals surface area contributed by atoms with Crippen LogP contribution in [0.25, 0.3) is 11.2 Å². The predicted octanol–water partition coefficient (Wildman–Crippen LogP) is 4.87. The topological polar surface area (TPSA) is 144 Å². The van der Waals surface area contributed by atoms with E-state index in [0.717, 1.165) is 49.6 Å². The van der Waals surface area contributed by atoms with Crippen LogP contribution in [-0.4, -0.2) is 56.8 Å². The van der Waals surface area contributed by atoms with Crippen LogP contribution in [0.1, 0.15) is 69.3 Å². The van der Waals surface area contributed by atoms with Gasteiger partial charge in [-0.15, -0.1) is 18.8 Å². The Bertz CT molecular complexity index is 1630. The molecule has 45 heavy (non-hydrogen) atoms. The number of aromatic nitrogens is 4. The summed E-state index contributed by atoms with van der Waals surface area (Å²) >= 11 is 0. The normalized spacial score (nSPS) is 24.2. The fourth-order valence-electron chi connectivity index (χ4n) is 6.85. The van der Waals surface area contributed by atoms with Crippen molar-refractivity contribution in [3.8, 4) is 24.7 Å². The van der Waals surface area contributed by atoms with E-state index in [2.05, 4.69) is 50.7 Å². The van der Waals surface area contributed by atoms with E-state index in [0.29, 0.717) is 54.9 Å². The number of hydrogen-bond donors (Lipinski definition) is 3. The molecule has 1 amide bonds. The molecule has 1 aliphatic heterocycles. The predicted molar refractivity (Wildman–Crippen MR) is 173 cm³/mol. The Morgan fingerprint density at radius 2 is 1.89 bits per heavy atom. The zero-order chi connectivity index (χ0) is 31.5. The average molecular weight is 609 g/mol. The number of terminal acetylenes is 2. The highest BCUT2D eigenvalue weighted by Gasteiger charge is 2.37. The van der Waals surface area contributed by atoms with Gasteiger partial charge >= 0.3 is 6.09 Å². The monoisotopic (exact) mass is 608 g/mol. The lowest BCUT2D eigenvalue weighted by Gasteiger charge is -2.40. The molecule has 2 aliphatic carbocycles. The van der Waals surface area contributed by atoms with E-state index >= 15 is 0 Å². The van der Waals surface area contributed by atoms with Crippen LogP contribution < -0.4 is 16.0 Å². The van der Waals surface area contributed by atoms with E-state index in [1.165, 1.54) is 6.42 Å². The number of fused-ring (bicyclic) bond motifs is 1. The number of primary amides is 1. The van der Waals surface area contributed by atoms with Crippen LogP contribution in [-0.2, 0) is 16.0 Å².